The molecule has 0 aliphatic carbocycles. The summed E-state index contributed by atoms with van der Waals surface area (Å²) in [6, 6.07) is 16.4. The first-order valence-electron chi connectivity index (χ1n) is 9.63. The van der Waals surface area contributed by atoms with Gasteiger partial charge in [-0.25, -0.2) is 0 Å². The van der Waals surface area contributed by atoms with Gasteiger partial charge in [0.2, 0.25) is 0 Å². The number of hydrogen-bond donors (Lipinski definition) is 0. The Morgan fingerprint density at radius 1 is 0.759 bits per heavy atom. The van der Waals surface area contributed by atoms with E-state index in [1.165, 1.54) is 27.8 Å². The average Bonchev–Trinajstić information content (AvgIpc) is 2.71. The van der Waals surface area contributed by atoms with Crippen LogP contribution in [-0.4, -0.2) is 17.4 Å². The molecule has 3 aromatic rings. The molecule has 4 heteroatoms. The van der Waals surface area contributed by atoms with Gasteiger partial charge in [-0.2, -0.15) is 0 Å². The van der Waals surface area contributed by atoms with E-state index in [0.29, 0.717) is 0 Å². The summed E-state index contributed by atoms with van der Waals surface area (Å²) in [6.07, 6.45) is 8.27. The second-order valence-corrected chi connectivity index (χ2v) is 7.26. The summed E-state index contributed by atoms with van der Waals surface area (Å²) in [5.74, 6) is 0. The molecule has 0 bridgehead atoms. The quantitative estimate of drug-likeness (QED) is 0.334. The van der Waals surface area contributed by atoms with Gasteiger partial charge in [-0.3, -0.25) is 9.98 Å². The van der Waals surface area contributed by atoms with Crippen LogP contribution in [0.4, 0.5) is 11.4 Å². The molecule has 0 radical (unpaired) electrons. The van der Waals surface area contributed by atoms with Crippen molar-refractivity contribution in [3.05, 3.63) is 88.7 Å². The van der Waals surface area contributed by atoms with Crippen LogP contribution >= 0.6 is 0 Å². The average molecular weight is 426 g/mol. The maximum atomic E-state index is 4.55. The topological polar surface area (TPSA) is 37.6 Å². The van der Waals surface area contributed by atoms with Crippen LogP contribution in [0.5, 0.6) is 0 Å². The fraction of sp³-hybridized carbons (Fsp3) is 0.240. The van der Waals surface area contributed by atoms with Gasteiger partial charge in [0.05, 0.1) is 5.69 Å². The zero-order valence-electron chi connectivity index (χ0n) is 17.5. The van der Waals surface area contributed by atoms with Crippen LogP contribution in [-0.2, 0) is 22.4 Å². The van der Waals surface area contributed by atoms with E-state index in [-0.39, 0.29) is 0 Å². The molecule has 0 unspecified atom stereocenters. The summed E-state index contributed by atoms with van der Waals surface area (Å²) < 4.78 is 0. The van der Waals surface area contributed by atoms with Crippen LogP contribution in [0.2, 0.25) is 5.32 Å². The van der Waals surface area contributed by atoms with E-state index < -0.39 is 0 Å². The number of para-hydroxylation sites is 2. The number of aliphatic imine (C=N–C) groups is 2. The Hall–Kier alpha value is -2.55. The van der Waals surface area contributed by atoms with Crippen LogP contribution < -0.4 is 0 Å². The van der Waals surface area contributed by atoms with Gasteiger partial charge in [0.25, 0.3) is 0 Å². The second kappa shape index (κ2) is 12.1. The number of rotatable bonds is 5. The molecule has 0 fully saturated rings. The van der Waals surface area contributed by atoms with Crippen molar-refractivity contribution in [1.82, 2.24) is 4.98 Å². The minimum absolute atomic E-state index is 0.744. The number of pyridine rings is 1. The summed E-state index contributed by atoms with van der Waals surface area (Å²) in [5.41, 5.74) is 8.22. The fourth-order valence-corrected chi connectivity index (χ4v) is 3.00. The Morgan fingerprint density at radius 3 is 1.72 bits per heavy atom. The van der Waals surface area contributed by atoms with Gasteiger partial charge in [0, 0.05) is 25.0 Å². The van der Waals surface area contributed by atoms with Crippen molar-refractivity contribution in [2.24, 2.45) is 9.98 Å². The van der Waals surface area contributed by atoms with Crippen molar-refractivity contribution in [3.63, 3.8) is 0 Å². The number of benzene rings is 2. The summed E-state index contributed by atoms with van der Waals surface area (Å²) >= 11 is 3.71. The van der Waals surface area contributed by atoms with Gasteiger partial charge >= 0.3 is 81.4 Å². The summed E-state index contributed by atoms with van der Waals surface area (Å²) in [4.78, 5) is 13.0. The van der Waals surface area contributed by atoms with Crippen LogP contribution in [0.3, 0.4) is 0 Å². The van der Waals surface area contributed by atoms with E-state index >= 15 is 0 Å². The Morgan fingerprint density at radius 2 is 1.28 bits per heavy atom. The van der Waals surface area contributed by atoms with Crippen LogP contribution in [0.15, 0.2) is 70.9 Å². The zero-order chi connectivity index (χ0) is 21.1. The molecule has 0 saturated heterocycles. The van der Waals surface area contributed by atoms with Gasteiger partial charge in [-0.1, -0.05) is 24.3 Å². The predicted octanol–water partition coefficient (Wildman–Crippen LogP) is 6.61. The third kappa shape index (κ3) is 7.41. The molecule has 29 heavy (non-hydrogen) atoms. The number of aryl methyl sites for hydroxylation is 4. The van der Waals surface area contributed by atoms with Crippen molar-refractivity contribution >= 4 is 23.8 Å². The molecule has 0 saturated carbocycles. The van der Waals surface area contributed by atoms with Gasteiger partial charge in [-0.05, 0) is 36.6 Å². The van der Waals surface area contributed by atoms with E-state index in [4.69, 9.17) is 0 Å². The monoisotopic (exact) mass is 426 g/mol. The number of hydrogen-bond acceptors (Lipinski definition) is 3. The van der Waals surface area contributed by atoms with E-state index in [0.717, 1.165) is 23.1 Å². The van der Waals surface area contributed by atoms with Crippen molar-refractivity contribution in [3.8, 4) is 0 Å². The molecule has 151 valence electrons. The van der Waals surface area contributed by atoms with Crippen molar-refractivity contribution in [2.75, 3.05) is 0 Å². The molecule has 0 amide bonds. The van der Waals surface area contributed by atoms with Crippen LogP contribution in [0, 0.1) is 27.7 Å². The van der Waals surface area contributed by atoms with Gasteiger partial charge < -0.3 is 0 Å². The normalized spacial score (nSPS) is 10.9. The van der Waals surface area contributed by atoms with Gasteiger partial charge in [0.15, 0.2) is 0 Å². The summed E-state index contributed by atoms with van der Waals surface area (Å²) in [6.45, 7) is 8.32. The van der Waals surface area contributed by atoms with E-state index in [1.54, 1.807) is 6.20 Å². The molecular formula is C25H28FeN3. The third-order valence-electron chi connectivity index (χ3n) is 4.43. The molecule has 1 heterocycles. The minimum atomic E-state index is 0.744. The SMILES string of the molecule is Cc1cccc(C)c1N=CCc1cccnc1.Cc1cccc(C)c1N=C[CH2][Fe]. The van der Waals surface area contributed by atoms with E-state index in [1.807, 2.05) is 30.8 Å². The first kappa shape index (κ1) is 22.7. The molecular weight excluding hydrogens is 398 g/mol. The number of aromatic nitrogens is 1. The molecule has 2 aromatic carbocycles. The Labute approximate surface area is 182 Å². The molecule has 0 N–H and O–H groups in total. The zero-order valence-corrected chi connectivity index (χ0v) is 18.6. The predicted molar refractivity (Wildman–Crippen MR) is 121 cm³/mol. The second-order valence-electron chi connectivity index (χ2n) is 6.81. The van der Waals surface area contributed by atoms with Gasteiger partial charge in [0.1, 0.15) is 0 Å². The molecule has 0 atom stereocenters. The van der Waals surface area contributed by atoms with E-state index in [2.05, 4.69) is 95.1 Å². The van der Waals surface area contributed by atoms with Gasteiger partial charge in [-0.15, -0.1) is 0 Å². The maximum absolute atomic E-state index is 4.55. The van der Waals surface area contributed by atoms with Crippen molar-refractivity contribution in [2.45, 2.75) is 39.4 Å². The molecule has 3 nitrogen and oxygen atoms in total. The van der Waals surface area contributed by atoms with Crippen molar-refractivity contribution < 1.29 is 16.0 Å². The molecule has 1 aromatic heterocycles. The molecule has 0 aliphatic heterocycles. The Balaban J connectivity index is 0.000000221. The fourth-order valence-electron chi connectivity index (χ4n) is 2.90. The third-order valence-corrected chi connectivity index (χ3v) is 4.64. The standard InChI is InChI=1S/C15H16N2.C10H12N.Fe/c1-12-5-3-6-13(2)15(12)17-10-8-14-7-4-9-16-11-14;1-4-11-10-8(2)6-5-7-9(10)3;/h3-7,9-11H,8H2,1-2H3;4-7H,1H2,2-3H3;. The van der Waals surface area contributed by atoms with Crippen LogP contribution in [0.25, 0.3) is 0 Å². The van der Waals surface area contributed by atoms with E-state index in [9.17, 15) is 0 Å². The number of nitrogens with zero attached hydrogens (tertiary/aromatic N) is 3. The van der Waals surface area contributed by atoms with Crippen LogP contribution in [0.1, 0.15) is 27.8 Å². The Kier molecular flexibility index (Phi) is 9.49. The first-order chi connectivity index (χ1) is 14.0. The molecule has 3 rings (SSSR count). The molecule has 0 spiro atoms. The molecule has 0 aliphatic rings. The first-order valence-corrected chi connectivity index (χ1v) is 10.4. The summed E-state index contributed by atoms with van der Waals surface area (Å²) in [5, 5.41) is 0.744. The Bertz CT molecular complexity index is 923. The van der Waals surface area contributed by atoms with Crippen molar-refractivity contribution in [1.29, 1.82) is 0 Å². The summed E-state index contributed by atoms with van der Waals surface area (Å²) in [7, 11) is 0.